The van der Waals surface area contributed by atoms with Crippen molar-refractivity contribution in [1.82, 2.24) is 24.4 Å². The Balaban J connectivity index is 0.000000295. The monoisotopic (exact) mass is 934 g/mol. The molecule has 0 fully saturated rings. The van der Waals surface area contributed by atoms with Gasteiger partial charge in [0.2, 0.25) is 40.7 Å². The van der Waals surface area contributed by atoms with Crippen LogP contribution in [0.1, 0.15) is 37.8 Å². The zero-order valence-corrected chi connectivity index (χ0v) is 36.0. The number of nitrogens with zero attached hydrogens (tertiary/aromatic N) is 4. The summed E-state index contributed by atoms with van der Waals surface area (Å²) in [5.74, 6) is -15.6. The molecule has 22 heteroatoms. The molecule has 358 valence electrons. The number of ether oxygens (including phenoxy) is 5. The summed E-state index contributed by atoms with van der Waals surface area (Å²) in [6.45, 7) is 2.67. The van der Waals surface area contributed by atoms with Crippen molar-refractivity contribution in [1.29, 1.82) is 0 Å². The molecule has 3 aromatic carbocycles. The molecule has 0 aliphatic heterocycles. The second-order valence-electron chi connectivity index (χ2n) is 14.7. The van der Waals surface area contributed by atoms with Gasteiger partial charge in [0.15, 0.2) is 0 Å². The number of carbonyl (C=O) groups excluding carboxylic acids is 4. The van der Waals surface area contributed by atoms with Crippen LogP contribution < -0.4 is 15.8 Å². The van der Waals surface area contributed by atoms with E-state index in [1.807, 2.05) is 51.9 Å². The molecule has 5 aromatic rings. The number of rotatable bonds is 20. The summed E-state index contributed by atoms with van der Waals surface area (Å²) in [5.41, 5.74) is 3.44. The topological polar surface area (TPSA) is 229 Å². The van der Waals surface area contributed by atoms with Crippen molar-refractivity contribution < 1.29 is 75.0 Å². The van der Waals surface area contributed by atoms with Crippen LogP contribution in [0.5, 0.6) is 5.75 Å². The summed E-state index contributed by atoms with van der Waals surface area (Å²) in [6, 6.07) is 17.6. The van der Waals surface area contributed by atoms with E-state index in [9.17, 15) is 51.3 Å². The van der Waals surface area contributed by atoms with Gasteiger partial charge in [-0.05, 0) is 44.4 Å². The number of aryl methyl sites for hydroxylation is 2. The normalized spacial score (nSPS) is 12.4. The molecule has 0 saturated carbocycles. The number of aliphatic hydroxyl groups is 2. The van der Waals surface area contributed by atoms with Gasteiger partial charge in [-0.1, -0.05) is 60.7 Å². The average molecular weight is 935 g/mol. The third-order valence-electron chi connectivity index (χ3n) is 9.14. The maximum absolute atomic E-state index is 13.7. The first-order valence-electron chi connectivity index (χ1n) is 20.1. The van der Waals surface area contributed by atoms with Crippen molar-refractivity contribution in [2.75, 3.05) is 39.5 Å². The van der Waals surface area contributed by atoms with Crippen LogP contribution >= 0.6 is 0 Å². The predicted molar refractivity (Wildman–Crippen MR) is 223 cm³/mol. The fourth-order valence-corrected chi connectivity index (χ4v) is 4.98. The number of aliphatic hydroxyl groups excluding tert-OH is 2. The molecule has 0 aliphatic rings. The Labute approximate surface area is 376 Å². The number of hydrogen-bond acceptors (Lipinski definition) is 14. The number of halogens is 5. The predicted octanol–water partition coefficient (Wildman–Crippen LogP) is 5.61. The molecule has 5 rings (SSSR count). The molecule has 0 spiro atoms. The van der Waals surface area contributed by atoms with Crippen LogP contribution in [0.15, 0.2) is 98.1 Å². The summed E-state index contributed by atoms with van der Waals surface area (Å²) in [7, 11) is 0. The third-order valence-corrected chi connectivity index (χ3v) is 9.14. The largest absolute Gasteiger partial charge is 0.508 e. The maximum atomic E-state index is 13.7. The Bertz CT molecular complexity index is 2220. The minimum absolute atomic E-state index is 0.0793. The molecular weight excluding hydrogens is 884 g/mol. The van der Waals surface area contributed by atoms with E-state index >= 15 is 0 Å². The summed E-state index contributed by atoms with van der Waals surface area (Å²) in [4.78, 5) is 55.7. The zero-order chi connectivity index (χ0) is 48.5. The van der Waals surface area contributed by atoms with Crippen molar-refractivity contribution in [3.05, 3.63) is 138 Å². The fraction of sp³-hybridized carbons (Fsp3) is 0.364. The molecule has 66 heavy (non-hydrogen) atoms. The fourth-order valence-electron chi connectivity index (χ4n) is 4.98. The summed E-state index contributed by atoms with van der Waals surface area (Å²) in [6.07, 6.45) is 10.4. The molecule has 0 aliphatic carbocycles. The lowest BCUT2D eigenvalue weighted by Gasteiger charge is -2.25. The molecule has 2 heterocycles. The van der Waals surface area contributed by atoms with Crippen LogP contribution in [0, 0.1) is 39.9 Å². The Morgan fingerprint density at radius 2 is 1.09 bits per heavy atom. The number of esters is 1. The minimum atomic E-state index is -2.43. The average Bonchev–Trinajstić information content (AvgIpc) is 4.08. The summed E-state index contributed by atoms with van der Waals surface area (Å²) < 4.78 is 94.5. The lowest BCUT2D eigenvalue weighted by atomic mass is 9.92. The van der Waals surface area contributed by atoms with Gasteiger partial charge in [-0.2, -0.15) is 8.78 Å². The SMILES string of the molecule is CC(CO)(COC(=O)OCc1ccccc1)C(=O)NCCCn1ccnc1.CC(CO)(COC(=O)OCc1ccccc1)C(=O)Oc1c(F)c(F)c(F)c(F)c1F.NCCCn1ccnc1. The highest BCUT2D eigenvalue weighted by Gasteiger charge is 2.39. The van der Waals surface area contributed by atoms with Gasteiger partial charge in [0, 0.05) is 44.4 Å². The Morgan fingerprint density at radius 3 is 1.52 bits per heavy atom. The van der Waals surface area contributed by atoms with Crippen molar-refractivity contribution >= 4 is 24.2 Å². The Hall–Kier alpha value is -6.91. The number of amides is 1. The van der Waals surface area contributed by atoms with Crippen LogP contribution in [0.3, 0.4) is 0 Å². The Morgan fingerprint density at radius 1 is 0.652 bits per heavy atom. The smallest absolute Gasteiger partial charge is 0.433 e. The molecule has 0 radical (unpaired) electrons. The second-order valence-corrected chi connectivity index (χ2v) is 14.7. The first-order valence-corrected chi connectivity index (χ1v) is 20.1. The van der Waals surface area contributed by atoms with E-state index < -0.39 is 83.8 Å². The highest BCUT2D eigenvalue weighted by atomic mass is 19.2. The van der Waals surface area contributed by atoms with Gasteiger partial charge < -0.3 is 54.1 Å². The van der Waals surface area contributed by atoms with E-state index in [1.54, 1.807) is 55.4 Å². The number of hydrogen-bond donors (Lipinski definition) is 4. The first kappa shape index (κ1) is 53.4. The van der Waals surface area contributed by atoms with E-state index in [2.05, 4.69) is 24.8 Å². The van der Waals surface area contributed by atoms with Crippen LogP contribution in [0.2, 0.25) is 0 Å². The highest BCUT2D eigenvalue weighted by molar-refractivity contribution is 5.82. The van der Waals surface area contributed by atoms with Crippen LogP contribution in [0.4, 0.5) is 31.5 Å². The number of imidazole rings is 2. The molecule has 0 bridgehead atoms. The summed E-state index contributed by atoms with van der Waals surface area (Å²) >= 11 is 0. The van der Waals surface area contributed by atoms with Gasteiger partial charge in [-0.15, -0.1) is 0 Å². The van der Waals surface area contributed by atoms with E-state index in [4.69, 9.17) is 19.9 Å². The molecule has 17 nitrogen and oxygen atoms in total. The van der Waals surface area contributed by atoms with Crippen LogP contribution in [-0.4, -0.2) is 93.0 Å². The zero-order valence-electron chi connectivity index (χ0n) is 36.0. The van der Waals surface area contributed by atoms with Crippen molar-refractivity contribution in [3.63, 3.8) is 0 Å². The molecule has 2 aromatic heterocycles. The van der Waals surface area contributed by atoms with Gasteiger partial charge in [0.25, 0.3) is 0 Å². The standard InChI is InChI=1S/C19H15F5O6.C19H25N3O5.C6H11N3/c1-19(8-25,9-29-18(27)28-7-10-5-3-2-4-6-10)17(26)30-16-14(23)12(21)11(20)13(22)15(16)24;1-19(13-23,17(24)21-8-5-10-22-11-9-20-15-22)14-27-18(25)26-12-16-6-3-2-4-7-16;7-2-1-4-9-5-3-8-6-9/h2-6,25H,7-9H2,1H3;2-4,6-7,9,11,15,23H,5,8,10,12-14H2,1H3,(H,21,24);3,5-6H,1-2,4,7H2. The summed E-state index contributed by atoms with van der Waals surface area (Å²) in [5, 5.41) is 21.7. The lowest BCUT2D eigenvalue weighted by Crippen LogP contribution is -2.45. The third kappa shape index (κ3) is 17.2. The molecular formula is C44H51F5N6O11. The van der Waals surface area contributed by atoms with Gasteiger partial charge in [0.1, 0.15) is 37.3 Å². The van der Waals surface area contributed by atoms with Crippen molar-refractivity contribution in [2.45, 2.75) is 53.0 Å². The number of benzene rings is 3. The van der Waals surface area contributed by atoms with Gasteiger partial charge in [0.05, 0.1) is 25.9 Å². The molecule has 0 saturated heterocycles. The van der Waals surface area contributed by atoms with Gasteiger partial charge >= 0.3 is 18.3 Å². The number of nitrogens with one attached hydrogen (secondary N) is 1. The van der Waals surface area contributed by atoms with E-state index in [-0.39, 0.29) is 25.7 Å². The number of carbonyl (C=O) groups is 4. The van der Waals surface area contributed by atoms with E-state index in [1.165, 1.54) is 6.92 Å². The molecule has 1 amide bonds. The quantitative estimate of drug-likeness (QED) is 0.0186. The van der Waals surface area contributed by atoms with Gasteiger partial charge in [-0.25, -0.2) is 32.7 Å². The molecule has 2 atom stereocenters. The van der Waals surface area contributed by atoms with Crippen molar-refractivity contribution in [2.24, 2.45) is 16.6 Å². The highest BCUT2D eigenvalue weighted by Crippen LogP contribution is 2.31. The second kappa shape index (κ2) is 27.4. The molecule has 5 N–H and O–H groups in total. The molecule has 2 unspecified atom stereocenters. The van der Waals surface area contributed by atoms with Crippen molar-refractivity contribution in [3.8, 4) is 5.75 Å². The number of aromatic nitrogens is 4. The van der Waals surface area contributed by atoms with Gasteiger partial charge in [-0.3, -0.25) is 9.59 Å². The Kier molecular flexibility index (Phi) is 22.2. The van der Waals surface area contributed by atoms with E-state index in [0.29, 0.717) is 18.5 Å². The van der Waals surface area contributed by atoms with E-state index in [0.717, 1.165) is 38.5 Å². The minimum Gasteiger partial charge on any atom is -0.433 e. The lowest BCUT2D eigenvalue weighted by molar-refractivity contribution is -0.151. The number of nitrogens with two attached hydrogens (primary N) is 1. The van der Waals surface area contributed by atoms with Crippen LogP contribution in [-0.2, 0) is 54.8 Å². The maximum Gasteiger partial charge on any atom is 0.508 e. The first-order chi connectivity index (χ1) is 31.6. The van der Waals surface area contributed by atoms with Crippen LogP contribution in [0.25, 0.3) is 0 Å².